The molecule has 2 aliphatic rings. The highest BCUT2D eigenvalue weighted by atomic mass is 19.4. The minimum Gasteiger partial charge on any atom is -0.350 e. The quantitative estimate of drug-likeness (QED) is 0.391. The van der Waals surface area contributed by atoms with Crippen molar-refractivity contribution in [3.8, 4) is 0 Å². The zero-order chi connectivity index (χ0) is 30.6. The Bertz CT molecular complexity index is 1440. The first-order chi connectivity index (χ1) is 20.6. The standard InChI is InChI=1S/C33H35F3N4O3/c1-2-28(25-11-5-3-6-12-25)30(42)38-18-16-32(17-19-38)31(43)39(23-40(32)27-14-7-4-8-15-27)22-29(41)37-21-24-10-9-13-26(20-24)33(34,35)36/h3-15,20,28H,2,16-19,21-23H2,1H3,(H,37,41). The summed E-state index contributed by atoms with van der Waals surface area (Å²) in [4.78, 5) is 45.8. The van der Waals surface area contributed by atoms with Crippen molar-refractivity contribution < 1.29 is 27.6 Å². The lowest BCUT2D eigenvalue weighted by Crippen LogP contribution is -2.58. The fraction of sp³-hybridized carbons (Fsp3) is 0.364. The van der Waals surface area contributed by atoms with E-state index in [2.05, 4.69) is 5.32 Å². The van der Waals surface area contributed by atoms with E-state index >= 15 is 0 Å². The molecule has 1 spiro atoms. The summed E-state index contributed by atoms with van der Waals surface area (Å²) in [5.41, 5.74) is 0.441. The van der Waals surface area contributed by atoms with Crippen molar-refractivity contribution in [1.29, 1.82) is 0 Å². The molecule has 2 heterocycles. The van der Waals surface area contributed by atoms with Crippen molar-refractivity contribution in [2.24, 2.45) is 0 Å². The van der Waals surface area contributed by atoms with Crippen molar-refractivity contribution in [2.75, 3.05) is 31.2 Å². The first-order valence-corrected chi connectivity index (χ1v) is 14.5. The summed E-state index contributed by atoms with van der Waals surface area (Å²) in [6.45, 7) is 2.69. The van der Waals surface area contributed by atoms with Crippen LogP contribution in [0, 0.1) is 0 Å². The molecule has 3 aromatic carbocycles. The van der Waals surface area contributed by atoms with E-state index in [-0.39, 0.29) is 37.5 Å². The lowest BCUT2D eigenvalue weighted by Gasteiger charge is -2.44. The molecule has 3 aromatic rings. The number of hydrogen-bond acceptors (Lipinski definition) is 4. The van der Waals surface area contributed by atoms with Crippen LogP contribution in [0.3, 0.4) is 0 Å². The number of nitrogens with zero attached hydrogens (tertiary/aromatic N) is 3. The molecule has 0 bridgehead atoms. The Labute approximate surface area is 249 Å². The minimum atomic E-state index is -4.48. The van der Waals surface area contributed by atoms with Gasteiger partial charge in [0, 0.05) is 25.3 Å². The maximum atomic E-state index is 14.0. The van der Waals surface area contributed by atoms with Gasteiger partial charge in [0.25, 0.3) is 5.91 Å². The third kappa shape index (κ3) is 6.38. The fourth-order valence-electron chi connectivity index (χ4n) is 6.17. The number of piperidine rings is 1. The van der Waals surface area contributed by atoms with Gasteiger partial charge in [-0.25, -0.2) is 0 Å². The van der Waals surface area contributed by atoms with Gasteiger partial charge in [0.1, 0.15) is 12.1 Å². The van der Waals surface area contributed by atoms with Gasteiger partial charge in [0.15, 0.2) is 0 Å². The van der Waals surface area contributed by atoms with E-state index in [1.54, 1.807) is 0 Å². The van der Waals surface area contributed by atoms with Gasteiger partial charge in [-0.3, -0.25) is 14.4 Å². The summed E-state index contributed by atoms with van der Waals surface area (Å²) in [6.07, 6.45) is -2.97. The van der Waals surface area contributed by atoms with Crippen LogP contribution >= 0.6 is 0 Å². The van der Waals surface area contributed by atoms with Crippen LogP contribution in [0.5, 0.6) is 0 Å². The second-order valence-electron chi connectivity index (χ2n) is 11.1. The number of rotatable bonds is 8. The van der Waals surface area contributed by atoms with Gasteiger partial charge in [0.2, 0.25) is 11.8 Å². The largest absolute Gasteiger partial charge is 0.416 e. The van der Waals surface area contributed by atoms with Crippen molar-refractivity contribution in [3.63, 3.8) is 0 Å². The maximum absolute atomic E-state index is 14.0. The van der Waals surface area contributed by atoms with Crippen molar-refractivity contribution in [1.82, 2.24) is 15.1 Å². The molecule has 0 saturated carbocycles. The van der Waals surface area contributed by atoms with Crippen LogP contribution in [-0.4, -0.2) is 59.4 Å². The van der Waals surface area contributed by atoms with Crippen LogP contribution in [-0.2, 0) is 27.1 Å². The van der Waals surface area contributed by atoms with Crippen molar-refractivity contribution in [2.45, 2.75) is 50.4 Å². The summed E-state index contributed by atoms with van der Waals surface area (Å²) < 4.78 is 39.2. The average molecular weight is 593 g/mol. The Morgan fingerprint density at radius 3 is 2.21 bits per heavy atom. The summed E-state index contributed by atoms with van der Waals surface area (Å²) in [5, 5.41) is 2.66. The predicted molar refractivity (Wildman–Crippen MR) is 157 cm³/mol. The summed E-state index contributed by atoms with van der Waals surface area (Å²) >= 11 is 0. The highest BCUT2D eigenvalue weighted by Gasteiger charge is 2.54. The fourth-order valence-corrected chi connectivity index (χ4v) is 6.17. The first kappa shape index (κ1) is 30.1. The number of hydrogen-bond donors (Lipinski definition) is 1. The van der Waals surface area contributed by atoms with Crippen LogP contribution in [0.4, 0.5) is 18.9 Å². The van der Waals surface area contributed by atoms with Crippen molar-refractivity contribution in [3.05, 3.63) is 102 Å². The second-order valence-corrected chi connectivity index (χ2v) is 11.1. The molecule has 0 radical (unpaired) electrons. The molecule has 2 aliphatic heterocycles. The smallest absolute Gasteiger partial charge is 0.350 e. The topological polar surface area (TPSA) is 73.0 Å². The number of nitrogens with one attached hydrogen (secondary N) is 1. The molecule has 7 nitrogen and oxygen atoms in total. The number of amides is 3. The highest BCUT2D eigenvalue weighted by molar-refractivity contribution is 5.96. The normalized spacial score (nSPS) is 17.3. The number of halogens is 3. The first-order valence-electron chi connectivity index (χ1n) is 14.5. The number of likely N-dealkylation sites (tertiary alicyclic amines) is 1. The highest BCUT2D eigenvalue weighted by Crippen LogP contribution is 2.40. The minimum absolute atomic E-state index is 0.0473. The molecule has 2 fully saturated rings. The maximum Gasteiger partial charge on any atom is 0.416 e. The second kappa shape index (κ2) is 12.5. The number of benzene rings is 3. The third-order valence-electron chi connectivity index (χ3n) is 8.47. The Hall–Kier alpha value is -4.34. The molecule has 0 aliphatic carbocycles. The zero-order valence-corrected chi connectivity index (χ0v) is 24.0. The van der Waals surface area contributed by atoms with E-state index in [1.807, 2.05) is 77.4 Å². The summed E-state index contributed by atoms with van der Waals surface area (Å²) in [6, 6.07) is 24.0. The van der Waals surface area contributed by atoms with Gasteiger partial charge in [-0.15, -0.1) is 0 Å². The van der Waals surface area contributed by atoms with Crippen LogP contribution in [0.2, 0.25) is 0 Å². The lowest BCUT2D eigenvalue weighted by atomic mass is 9.84. The van der Waals surface area contributed by atoms with Gasteiger partial charge in [-0.1, -0.05) is 67.6 Å². The SMILES string of the molecule is CCC(C(=O)N1CCC2(CC1)C(=O)N(CC(=O)NCc1cccc(C(F)(F)F)c1)CN2c1ccccc1)c1ccccc1. The molecular weight excluding hydrogens is 557 g/mol. The van der Waals surface area contributed by atoms with E-state index in [4.69, 9.17) is 0 Å². The monoisotopic (exact) mass is 592 g/mol. The zero-order valence-electron chi connectivity index (χ0n) is 24.0. The number of anilines is 1. The Kier molecular flexibility index (Phi) is 8.75. The van der Waals surface area contributed by atoms with E-state index in [0.717, 1.165) is 23.4 Å². The van der Waals surface area contributed by atoms with Gasteiger partial charge in [-0.2, -0.15) is 13.2 Å². The van der Waals surface area contributed by atoms with E-state index < -0.39 is 23.2 Å². The van der Waals surface area contributed by atoms with Crippen LogP contribution in [0.15, 0.2) is 84.9 Å². The summed E-state index contributed by atoms with van der Waals surface area (Å²) in [7, 11) is 0. The van der Waals surface area contributed by atoms with Crippen LogP contribution in [0.1, 0.15) is 48.8 Å². The molecule has 5 rings (SSSR count). The Morgan fingerprint density at radius 2 is 1.58 bits per heavy atom. The third-order valence-corrected chi connectivity index (χ3v) is 8.47. The number of alkyl halides is 3. The molecule has 1 unspecified atom stereocenters. The van der Waals surface area contributed by atoms with Gasteiger partial charge in [-0.05, 0) is 54.7 Å². The predicted octanol–water partition coefficient (Wildman–Crippen LogP) is 5.18. The lowest BCUT2D eigenvalue weighted by molar-refractivity contribution is -0.140. The van der Waals surface area contributed by atoms with Crippen LogP contribution < -0.4 is 10.2 Å². The summed E-state index contributed by atoms with van der Waals surface area (Å²) in [5.74, 6) is -0.854. The van der Waals surface area contributed by atoms with Gasteiger partial charge < -0.3 is 20.0 Å². The molecule has 1 N–H and O–H groups in total. The van der Waals surface area contributed by atoms with Gasteiger partial charge >= 0.3 is 6.18 Å². The van der Waals surface area contributed by atoms with E-state index in [1.165, 1.54) is 17.0 Å². The van der Waals surface area contributed by atoms with Crippen molar-refractivity contribution >= 4 is 23.4 Å². The molecular formula is C33H35F3N4O3. The molecule has 226 valence electrons. The number of carbonyl (C=O) groups excluding carboxylic acids is 3. The Morgan fingerprint density at radius 1 is 0.930 bits per heavy atom. The molecule has 1 atom stereocenters. The van der Waals surface area contributed by atoms with E-state index in [0.29, 0.717) is 37.9 Å². The number of carbonyl (C=O) groups is 3. The van der Waals surface area contributed by atoms with Gasteiger partial charge in [0.05, 0.1) is 18.2 Å². The number of para-hydroxylation sites is 1. The molecule has 10 heteroatoms. The Balaban J connectivity index is 1.28. The molecule has 2 saturated heterocycles. The molecule has 43 heavy (non-hydrogen) atoms. The molecule has 0 aromatic heterocycles. The average Bonchev–Trinajstić information content (AvgIpc) is 3.27. The molecule has 3 amide bonds. The van der Waals surface area contributed by atoms with E-state index in [9.17, 15) is 27.6 Å². The van der Waals surface area contributed by atoms with Crippen LogP contribution in [0.25, 0.3) is 0 Å².